The number of hydrogen-bond donors (Lipinski definition) is 2. The molecule has 0 radical (unpaired) electrons. The lowest BCUT2D eigenvalue weighted by Gasteiger charge is -2.11. The van der Waals surface area contributed by atoms with Gasteiger partial charge in [0.1, 0.15) is 0 Å². The van der Waals surface area contributed by atoms with Gasteiger partial charge >= 0.3 is 0 Å². The SMILES string of the molecule is CCNC(=NCc1ccccc1C)NCCc1nc(CC)c(C)s1.I. The minimum atomic E-state index is 0. The fourth-order valence-electron chi connectivity index (χ4n) is 2.50. The van der Waals surface area contributed by atoms with Crippen LogP contribution in [0.15, 0.2) is 29.3 Å². The van der Waals surface area contributed by atoms with Gasteiger partial charge in [0.05, 0.1) is 17.2 Å². The molecule has 0 saturated heterocycles. The number of nitrogens with zero attached hydrogens (tertiary/aromatic N) is 2. The van der Waals surface area contributed by atoms with E-state index in [0.717, 1.165) is 31.9 Å². The van der Waals surface area contributed by atoms with Crippen LogP contribution >= 0.6 is 35.3 Å². The maximum atomic E-state index is 4.69. The number of thiazole rings is 1. The van der Waals surface area contributed by atoms with Crippen LogP contribution in [0.3, 0.4) is 0 Å². The summed E-state index contributed by atoms with van der Waals surface area (Å²) in [5, 5.41) is 7.92. The molecular formula is C19H29IN4S. The summed E-state index contributed by atoms with van der Waals surface area (Å²) in [5.74, 6) is 0.866. The number of aliphatic imine (C=N–C) groups is 1. The van der Waals surface area contributed by atoms with E-state index in [9.17, 15) is 0 Å². The standard InChI is InChI=1S/C19H28N4S.HI/c1-5-17-15(4)24-18(23-17)11-12-21-19(20-6-2)22-13-16-10-8-7-9-14(16)3;/h7-10H,5-6,11-13H2,1-4H3,(H2,20,21,22);1H. The summed E-state index contributed by atoms with van der Waals surface area (Å²) in [6.07, 6.45) is 1.94. The molecule has 0 aliphatic heterocycles. The molecule has 2 rings (SSSR count). The molecule has 2 aromatic rings. The number of rotatable bonds is 7. The molecular weight excluding hydrogens is 443 g/mol. The van der Waals surface area contributed by atoms with Crippen molar-refractivity contribution in [1.29, 1.82) is 0 Å². The normalized spacial score (nSPS) is 11.1. The van der Waals surface area contributed by atoms with Crippen molar-refractivity contribution >= 4 is 41.3 Å². The van der Waals surface area contributed by atoms with Crippen molar-refractivity contribution in [3.05, 3.63) is 51.0 Å². The number of aromatic nitrogens is 1. The first-order valence-electron chi connectivity index (χ1n) is 8.65. The van der Waals surface area contributed by atoms with Crippen LogP contribution in [0, 0.1) is 13.8 Å². The predicted molar refractivity (Wildman–Crippen MR) is 119 cm³/mol. The molecule has 6 heteroatoms. The number of benzene rings is 1. The molecule has 0 bridgehead atoms. The zero-order valence-electron chi connectivity index (χ0n) is 15.6. The van der Waals surface area contributed by atoms with E-state index in [4.69, 9.17) is 9.98 Å². The largest absolute Gasteiger partial charge is 0.357 e. The predicted octanol–water partition coefficient (Wildman–Crippen LogP) is 4.24. The van der Waals surface area contributed by atoms with Crippen LogP contribution in [0.5, 0.6) is 0 Å². The van der Waals surface area contributed by atoms with Crippen LogP contribution in [0.25, 0.3) is 0 Å². The Balaban J connectivity index is 0.00000312. The number of aryl methyl sites for hydroxylation is 3. The smallest absolute Gasteiger partial charge is 0.191 e. The summed E-state index contributed by atoms with van der Waals surface area (Å²) < 4.78 is 0. The highest BCUT2D eigenvalue weighted by atomic mass is 127. The first-order valence-corrected chi connectivity index (χ1v) is 9.47. The van der Waals surface area contributed by atoms with E-state index in [0.29, 0.717) is 6.54 Å². The molecule has 0 unspecified atom stereocenters. The molecule has 1 aromatic heterocycles. The van der Waals surface area contributed by atoms with E-state index < -0.39 is 0 Å². The topological polar surface area (TPSA) is 49.3 Å². The summed E-state index contributed by atoms with van der Waals surface area (Å²) in [6, 6.07) is 8.38. The fraction of sp³-hybridized carbons (Fsp3) is 0.474. The lowest BCUT2D eigenvalue weighted by molar-refractivity contribution is 0.793. The molecule has 0 aliphatic rings. The van der Waals surface area contributed by atoms with E-state index in [1.165, 1.54) is 26.7 Å². The molecule has 0 amide bonds. The molecule has 0 saturated carbocycles. The van der Waals surface area contributed by atoms with Crippen LogP contribution in [0.2, 0.25) is 0 Å². The summed E-state index contributed by atoms with van der Waals surface area (Å²) in [6.45, 7) is 10.9. The van der Waals surface area contributed by atoms with Crippen molar-refractivity contribution < 1.29 is 0 Å². The number of nitrogens with one attached hydrogen (secondary N) is 2. The van der Waals surface area contributed by atoms with Crippen molar-refractivity contribution in [3.8, 4) is 0 Å². The maximum Gasteiger partial charge on any atom is 0.191 e. The summed E-state index contributed by atoms with van der Waals surface area (Å²) in [4.78, 5) is 10.7. The van der Waals surface area contributed by atoms with Gasteiger partial charge < -0.3 is 10.6 Å². The second kappa shape index (κ2) is 11.5. The summed E-state index contributed by atoms with van der Waals surface area (Å²) in [7, 11) is 0. The highest BCUT2D eigenvalue weighted by Crippen LogP contribution is 2.17. The summed E-state index contributed by atoms with van der Waals surface area (Å²) >= 11 is 1.80. The van der Waals surface area contributed by atoms with Gasteiger partial charge in [-0.1, -0.05) is 31.2 Å². The van der Waals surface area contributed by atoms with Gasteiger partial charge in [0.15, 0.2) is 5.96 Å². The maximum absolute atomic E-state index is 4.69. The van der Waals surface area contributed by atoms with Gasteiger partial charge in [0.25, 0.3) is 0 Å². The van der Waals surface area contributed by atoms with Crippen LogP contribution < -0.4 is 10.6 Å². The molecule has 1 aromatic carbocycles. The van der Waals surface area contributed by atoms with Crippen LogP contribution in [-0.2, 0) is 19.4 Å². The van der Waals surface area contributed by atoms with E-state index in [1.54, 1.807) is 11.3 Å². The average Bonchev–Trinajstić information content (AvgIpc) is 2.93. The first-order chi connectivity index (χ1) is 11.6. The van der Waals surface area contributed by atoms with E-state index >= 15 is 0 Å². The zero-order chi connectivity index (χ0) is 17.4. The van der Waals surface area contributed by atoms with E-state index in [2.05, 4.69) is 62.6 Å². The van der Waals surface area contributed by atoms with E-state index in [1.807, 2.05) is 0 Å². The number of halogens is 1. The molecule has 138 valence electrons. The Bertz CT molecular complexity index is 682. The lowest BCUT2D eigenvalue weighted by Crippen LogP contribution is -2.38. The van der Waals surface area contributed by atoms with E-state index in [-0.39, 0.29) is 24.0 Å². The molecule has 0 spiro atoms. The van der Waals surface area contributed by atoms with Crippen LogP contribution in [0.4, 0.5) is 0 Å². The van der Waals surface area contributed by atoms with Crippen LogP contribution in [-0.4, -0.2) is 24.0 Å². The number of hydrogen-bond acceptors (Lipinski definition) is 3. The Morgan fingerprint density at radius 3 is 2.56 bits per heavy atom. The molecule has 1 heterocycles. The van der Waals surface area contributed by atoms with Gasteiger partial charge in [0, 0.05) is 24.4 Å². The highest BCUT2D eigenvalue weighted by molar-refractivity contribution is 14.0. The number of guanidine groups is 1. The van der Waals surface area contributed by atoms with Crippen molar-refractivity contribution in [3.63, 3.8) is 0 Å². The summed E-state index contributed by atoms with van der Waals surface area (Å²) in [5.41, 5.74) is 3.77. The Morgan fingerprint density at radius 1 is 1.16 bits per heavy atom. The van der Waals surface area contributed by atoms with Gasteiger partial charge in [-0.2, -0.15) is 0 Å². The molecule has 25 heavy (non-hydrogen) atoms. The Morgan fingerprint density at radius 2 is 1.92 bits per heavy atom. The molecule has 2 N–H and O–H groups in total. The van der Waals surface area contributed by atoms with Crippen LogP contribution in [0.1, 0.15) is 40.6 Å². The van der Waals surface area contributed by atoms with Gasteiger partial charge in [-0.3, -0.25) is 0 Å². The van der Waals surface area contributed by atoms with Crippen molar-refractivity contribution in [2.75, 3.05) is 13.1 Å². The monoisotopic (exact) mass is 472 g/mol. The van der Waals surface area contributed by atoms with Crippen molar-refractivity contribution in [2.24, 2.45) is 4.99 Å². The zero-order valence-corrected chi connectivity index (χ0v) is 18.7. The van der Waals surface area contributed by atoms with Crippen molar-refractivity contribution in [1.82, 2.24) is 15.6 Å². The fourth-order valence-corrected chi connectivity index (χ4v) is 3.53. The molecule has 0 aliphatic carbocycles. The van der Waals surface area contributed by atoms with Gasteiger partial charge in [0.2, 0.25) is 0 Å². The third kappa shape index (κ3) is 6.93. The third-order valence-electron chi connectivity index (χ3n) is 3.92. The van der Waals surface area contributed by atoms with Gasteiger partial charge in [-0.25, -0.2) is 9.98 Å². The molecule has 0 atom stereocenters. The quantitative estimate of drug-likeness (QED) is 0.360. The first kappa shape index (κ1) is 21.9. The molecule has 0 fully saturated rings. The lowest BCUT2D eigenvalue weighted by atomic mass is 10.1. The Hall–Kier alpha value is -1.15. The molecule has 4 nitrogen and oxygen atoms in total. The minimum absolute atomic E-state index is 0. The Labute approximate surface area is 172 Å². The second-order valence-corrected chi connectivity index (χ2v) is 7.05. The van der Waals surface area contributed by atoms with Gasteiger partial charge in [-0.05, 0) is 38.3 Å². The Kier molecular flexibility index (Phi) is 10.0. The second-order valence-electron chi connectivity index (χ2n) is 5.76. The highest BCUT2D eigenvalue weighted by Gasteiger charge is 2.06. The van der Waals surface area contributed by atoms with Gasteiger partial charge in [-0.15, -0.1) is 35.3 Å². The van der Waals surface area contributed by atoms with Crippen molar-refractivity contribution in [2.45, 2.75) is 47.1 Å². The third-order valence-corrected chi connectivity index (χ3v) is 4.99. The minimum Gasteiger partial charge on any atom is -0.357 e. The average molecular weight is 472 g/mol.